The fourth-order valence-electron chi connectivity index (χ4n) is 3.33. The van der Waals surface area contributed by atoms with Gasteiger partial charge in [0.25, 0.3) is 5.78 Å². The predicted octanol–water partition coefficient (Wildman–Crippen LogP) is 3.66. The maximum Gasteiger partial charge on any atom is 0.255 e. The zero-order chi connectivity index (χ0) is 18.4. The van der Waals surface area contributed by atoms with E-state index in [9.17, 15) is 13.9 Å². The Balaban J connectivity index is 2.00. The van der Waals surface area contributed by atoms with Gasteiger partial charge in [0.1, 0.15) is 34.7 Å². The van der Waals surface area contributed by atoms with Crippen LogP contribution in [-0.2, 0) is 0 Å². The summed E-state index contributed by atoms with van der Waals surface area (Å²) in [5.41, 5.74) is -0.236. The lowest BCUT2D eigenvalue weighted by Crippen LogP contribution is -2.35. The zero-order valence-electron chi connectivity index (χ0n) is 14.0. The summed E-state index contributed by atoms with van der Waals surface area (Å²) in [7, 11) is 0. The van der Waals surface area contributed by atoms with Crippen molar-refractivity contribution < 1.29 is 13.9 Å². The number of rotatable bonds is 2. The second kappa shape index (κ2) is 6.35. The van der Waals surface area contributed by atoms with Crippen molar-refractivity contribution in [3.63, 3.8) is 0 Å². The highest BCUT2D eigenvalue weighted by atomic mass is 35.5. The minimum Gasteiger partial charge on any atom is -0.508 e. The molecule has 2 aromatic heterocycles. The molecule has 3 aromatic rings. The van der Waals surface area contributed by atoms with Gasteiger partial charge in [-0.15, -0.1) is 0 Å². The molecule has 4 rings (SSSR count). The van der Waals surface area contributed by atoms with E-state index < -0.39 is 17.4 Å². The van der Waals surface area contributed by atoms with Gasteiger partial charge in [0, 0.05) is 25.2 Å². The van der Waals surface area contributed by atoms with Crippen molar-refractivity contribution in [1.29, 1.82) is 0 Å². The van der Waals surface area contributed by atoms with Gasteiger partial charge in [-0.2, -0.15) is 19.6 Å². The van der Waals surface area contributed by atoms with Gasteiger partial charge < -0.3 is 10.0 Å². The van der Waals surface area contributed by atoms with Crippen molar-refractivity contribution in [2.75, 3.05) is 18.0 Å². The minimum absolute atomic E-state index is 0.0670. The van der Waals surface area contributed by atoms with E-state index in [4.69, 9.17) is 11.6 Å². The van der Waals surface area contributed by atoms with Gasteiger partial charge in [-0.1, -0.05) is 18.5 Å². The molecule has 0 spiro atoms. The molecule has 6 nitrogen and oxygen atoms in total. The van der Waals surface area contributed by atoms with Crippen LogP contribution in [0.2, 0.25) is 5.15 Å². The molecule has 0 amide bonds. The van der Waals surface area contributed by atoms with Crippen LogP contribution < -0.4 is 4.90 Å². The number of aromatic nitrogens is 4. The number of hydrogen-bond donors (Lipinski definition) is 1. The number of aromatic hydroxyl groups is 1. The van der Waals surface area contributed by atoms with Crippen molar-refractivity contribution in [3.05, 3.63) is 35.2 Å². The van der Waals surface area contributed by atoms with Crippen LogP contribution in [0.25, 0.3) is 16.9 Å². The third-order valence-electron chi connectivity index (χ3n) is 4.72. The van der Waals surface area contributed by atoms with Crippen LogP contribution in [0.1, 0.15) is 19.8 Å². The fraction of sp³-hybridized carbons (Fsp3) is 0.353. The molecule has 0 bridgehead atoms. The molecule has 26 heavy (non-hydrogen) atoms. The predicted molar refractivity (Wildman–Crippen MR) is 93.4 cm³/mol. The van der Waals surface area contributed by atoms with E-state index in [0.29, 0.717) is 24.8 Å². The van der Waals surface area contributed by atoms with Crippen LogP contribution in [0.4, 0.5) is 14.6 Å². The van der Waals surface area contributed by atoms with Crippen LogP contribution >= 0.6 is 11.6 Å². The summed E-state index contributed by atoms with van der Waals surface area (Å²) in [4.78, 5) is 10.2. The average Bonchev–Trinajstić information content (AvgIpc) is 3.03. The van der Waals surface area contributed by atoms with Crippen LogP contribution in [0, 0.1) is 17.6 Å². The van der Waals surface area contributed by atoms with Gasteiger partial charge in [0.15, 0.2) is 0 Å². The van der Waals surface area contributed by atoms with Gasteiger partial charge in [0.2, 0.25) is 0 Å². The van der Waals surface area contributed by atoms with Gasteiger partial charge in [-0.3, -0.25) is 0 Å². The zero-order valence-corrected chi connectivity index (χ0v) is 14.7. The molecule has 0 unspecified atom stereocenters. The van der Waals surface area contributed by atoms with E-state index >= 15 is 0 Å². The summed E-state index contributed by atoms with van der Waals surface area (Å²) in [6, 6.07) is 1.70. The monoisotopic (exact) mass is 379 g/mol. The van der Waals surface area contributed by atoms with Crippen molar-refractivity contribution in [2.24, 2.45) is 5.92 Å². The number of piperidine rings is 1. The van der Waals surface area contributed by atoms with E-state index in [1.807, 2.05) is 4.90 Å². The number of halogens is 3. The van der Waals surface area contributed by atoms with Gasteiger partial charge >= 0.3 is 0 Å². The number of phenols is 1. The minimum atomic E-state index is -0.919. The molecule has 9 heteroatoms. The summed E-state index contributed by atoms with van der Waals surface area (Å²) >= 11 is 6.32. The number of nitrogens with zero attached hydrogens (tertiary/aromatic N) is 5. The number of benzene rings is 1. The van der Waals surface area contributed by atoms with Gasteiger partial charge in [-0.05, 0) is 18.8 Å². The second-order valence-corrected chi connectivity index (χ2v) is 6.89. The van der Waals surface area contributed by atoms with E-state index in [-0.39, 0.29) is 22.1 Å². The Morgan fingerprint density at radius 1 is 1.15 bits per heavy atom. The molecule has 1 aliphatic rings. The Labute approximate surface area is 153 Å². The maximum atomic E-state index is 14.6. The average molecular weight is 380 g/mol. The standard InChI is InChI=1S/C17H16ClF2N5O/c1-9-2-4-24(5-3-9)16-14(13-11(19)6-10(26)7-12(13)20)15(18)23-17-21-8-22-25(16)17/h6-9,26H,2-5H2,1H3. The first kappa shape index (κ1) is 17.0. The molecule has 0 radical (unpaired) electrons. The van der Waals surface area contributed by atoms with Crippen molar-refractivity contribution in [3.8, 4) is 16.9 Å². The lowest BCUT2D eigenvalue weighted by atomic mass is 9.98. The molecule has 1 fully saturated rings. The van der Waals surface area contributed by atoms with Crippen molar-refractivity contribution >= 4 is 23.2 Å². The molecule has 0 atom stereocenters. The molecule has 1 aromatic carbocycles. The van der Waals surface area contributed by atoms with Gasteiger partial charge in [-0.25, -0.2) is 8.78 Å². The van der Waals surface area contributed by atoms with Crippen molar-refractivity contribution in [1.82, 2.24) is 19.6 Å². The third kappa shape index (κ3) is 2.74. The third-order valence-corrected chi connectivity index (χ3v) is 4.99. The molecule has 0 saturated carbocycles. The molecular formula is C17H16ClF2N5O. The first-order valence-corrected chi connectivity index (χ1v) is 8.66. The highest BCUT2D eigenvalue weighted by Gasteiger charge is 2.28. The SMILES string of the molecule is CC1CCN(c2c(-c3c(F)cc(O)cc3F)c(Cl)nc3ncnn23)CC1. The summed E-state index contributed by atoms with van der Waals surface area (Å²) in [5, 5.41) is 13.6. The summed E-state index contributed by atoms with van der Waals surface area (Å²) in [6.45, 7) is 3.57. The quantitative estimate of drug-likeness (QED) is 0.688. The Bertz CT molecular complexity index is 962. The van der Waals surface area contributed by atoms with Crippen LogP contribution in [0.3, 0.4) is 0 Å². The first-order chi connectivity index (χ1) is 12.5. The molecule has 1 N–H and O–H groups in total. The second-order valence-electron chi connectivity index (χ2n) is 6.53. The Kier molecular flexibility index (Phi) is 4.14. The topological polar surface area (TPSA) is 66.5 Å². The summed E-state index contributed by atoms with van der Waals surface area (Å²) in [5.74, 6) is -1.06. The van der Waals surface area contributed by atoms with E-state index in [1.54, 1.807) is 0 Å². The Morgan fingerprint density at radius 2 is 1.81 bits per heavy atom. The normalized spacial score (nSPS) is 15.8. The largest absolute Gasteiger partial charge is 0.508 e. The molecular weight excluding hydrogens is 364 g/mol. The Hall–Kier alpha value is -2.48. The molecule has 1 saturated heterocycles. The van der Waals surface area contributed by atoms with Gasteiger partial charge in [0.05, 0.1) is 11.1 Å². The number of hydrogen-bond acceptors (Lipinski definition) is 5. The van der Waals surface area contributed by atoms with E-state index in [2.05, 4.69) is 22.0 Å². The van der Waals surface area contributed by atoms with Crippen LogP contribution in [0.5, 0.6) is 5.75 Å². The molecule has 3 heterocycles. The first-order valence-electron chi connectivity index (χ1n) is 8.28. The molecule has 136 valence electrons. The number of anilines is 1. The van der Waals surface area contributed by atoms with Crippen LogP contribution in [0.15, 0.2) is 18.5 Å². The molecule has 1 aliphatic heterocycles. The van der Waals surface area contributed by atoms with Crippen LogP contribution in [-0.4, -0.2) is 37.8 Å². The Morgan fingerprint density at radius 3 is 2.46 bits per heavy atom. The highest BCUT2D eigenvalue weighted by molar-refractivity contribution is 6.33. The molecule has 0 aliphatic carbocycles. The summed E-state index contributed by atoms with van der Waals surface area (Å²) in [6.07, 6.45) is 3.20. The maximum absolute atomic E-state index is 14.6. The lowest BCUT2D eigenvalue weighted by molar-refractivity contribution is 0.435. The van der Waals surface area contributed by atoms with E-state index in [1.165, 1.54) is 10.8 Å². The number of fused-ring (bicyclic) bond motifs is 1. The fourth-order valence-corrected chi connectivity index (χ4v) is 3.58. The smallest absolute Gasteiger partial charge is 0.255 e. The van der Waals surface area contributed by atoms with E-state index in [0.717, 1.165) is 25.0 Å². The lowest BCUT2D eigenvalue weighted by Gasteiger charge is -2.33. The highest BCUT2D eigenvalue weighted by Crippen LogP contribution is 2.41. The summed E-state index contributed by atoms with van der Waals surface area (Å²) < 4.78 is 30.6. The number of phenolic OH excluding ortho intramolecular Hbond substituents is 1. The van der Waals surface area contributed by atoms with Crippen molar-refractivity contribution in [2.45, 2.75) is 19.8 Å².